The molecule has 5 nitrogen and oxygen atoms in total. The van der Waals surface area contributed by atoms with Crippen LogP contribution in [0, 0.1) is 0 Å². The molecule has 2 aliphatic heterocycles. The number of piperidine rings is 1. The summed E-state index contributed by atoms with van der Waals surface area (Å²) in [5.41, 5.74) is 0. The van der Waals surface area contributed by atoms with Crippen LogP contribution in [-0.2, 0) is 9.53 Å². The Hall–Kier alpha value is -1.75. The first kappa shape index (κ1) is 14.2. The molecule has 1 saturated heterocycles. The lowest BCUT2D eigenvalue weighted by Crippen LogP contribution is -2.39. The number of hydrogen-bond donors (Lipinski definition) is 0. The second kappa shape index (κ2) is 6.80. The summed E-state index contributed by atoms with van der Waals surface area (Å²) < 4.78 is 16.5. The SMILES string of the molecule is O=C(OCCN1CCCCC1)C1COc2ccccc2O1. The highest BCUT2D eigenvalue weighted by Crippen LogP contribution is 2.31. The smallest absolute Gasteiger partial charge is 0.351 e. The van der Waals surface area contributed by atoms with Crippen LogP contribution in [0.3, 0.4) is 0 Å². The standard InChI is InChI=1S/C16H21NO4/c18-16(19-11-10-17-8-4-1-5-9-17)15-12-20-13-6-2-3-7-14(13)21-15/h2-3,6-7,15H,1,4-5,8-12H2. The van der Waals surface area contributed by atoms with Crippen LogP contribution in [0.1, 0.15) is 19.3 Å². The van der Waals surface area contributed by atoms with Crippen molar-refractivity contribution in [2.75, 3.05) is 32.8 Å². The van der Waals surface area contributed by atoms with Gasteiger partial charge in [-0.05, 0) is 38.1 Å². The molecule has 0 aromatic heterocycles. The molecule has 0 radical (unpaired) electrons. The predicted octanol–water partition coefficient (Wildman–Crippen LogP) is 1.86. The zero-order valence-electron chi connectivity index (χ0n) is 12.1. The number of ether oxygens (including phenoxy) is 3. The number of carbonyl (C=O) groups is 1. The molecule has 1 unspecified atom stereocenters. The molecule has 0 bridgehead atoms. The summed E-state index contributed by atoms with van der Waals surface area (Å²) in [5, 5.41) is 0. The van der Waals surface area contributed by atoms with Gasteiger partial charge in [0, 0.05) is 6.54 Å². The highest BCUT2D eigenvalue weighted by Gasteiger charge is 2.28. The van der Waals surface area contributed by atoms with Crippen molar-refractivity contribution < 1.29 is 19.0 Å². The van der Waals surface area contributed by atoms with Crippen LogP contribution in [0.2, 0.25) is 0 Å². The summed E-state index contributed by atoms with van der Waals surface area (Å²) >= 11 is 0. The lowest BCUT2D eigenvalue weighted by Gasteiger charge is -2.27. The number of nitrogens with zero attached hydrogens (tertiary/aromatic N) is 1. The second-order valence-corrected chi connectivity index (χ2v) is 5.43. The van der Waals surface area contributed by atoms with Gasteiger partial charge in [0.15, 0.2) is 11.5 Å². The molecule has 2 aliphatic rings. The molecule has 114 valence electrons. The summed E-state index contributed by atoms with van der Waals surface area (Å²) in [6.07, 6.45) is 3.12. The van der Waals surface area contributed by atoms with E-state index in [0.717, 1.165) is 19.6 Å². The number of benzene rings is 1. The number of likely N-dealkylation sites (tertiary alicyclic amines) is 1. The van der Waals surface area contributed by atoms with E-state index in [1.807, 2.05) is 18.2 Å². The second-order valence-electron chi connectivity index (χ2n) is 5.43. The minimum Gasteiger partial charge on any atom is -0.485 e. The highest BCUT2D eigenvalue weighted by atomic mass is 16.6. The molecule has 0 spiro atoms. The Kier molecular flexibility index (Phi) is 4.60. The number of para-hydroxylation sites is 2. The van der Waals surface area contributed by atoms with E-state index < -0.39 is 6.10 Å². The fraction of sp³-hybridized carbons (Fsp3) is 0.562. The van der Waals surface area contributed by atoms with Gasteiger partial charge in [-0.3, -0.25) is 4.90 Å². The van der Waals surface area contributed by atoms with Gasteiger partial charge in [-0.25, -0.2) is 4.79 Å². The van der Waals surface area contributed by atoms with Crippen molar-refractivity contribution in [2.45, 2.75) is 25.4 Å². The molecule has 5 heteroatoms. The molecule has 21 heavy (non-hydrogen) atoms. The average Bonchev–Trinajstić information content (AvgIpc) is 2.55. The largest absolute Gasteiger partial charge is 0.485 e. The molecule has 3 rings (SSSR count). The monoisotopic (exact) mass is 291 g/mol. The molecule has 1 atom stereocenters. The van der Waals surface area contributed by atoms with E-state index >= 15 is 0 Å². The average molecular weight is 291 g/mol. The van der Waals surface area contributed by atoms with E-state index in [1.165, 1.54) is 19.3 Å². The summed E-state index contributed by atoms with van der Waals surface area (Å²) in [6, 6.07) is 7.35. The maximum absolute atomic E-state index is 12.0. The van der Waals surface area contributed by atoms with E-state index in [-0.39, 0.29) is 12.6 Å². The number of fused-ring (bicyclic) bond motifs is 1. The van der Waals surface area contributed by atoms with Crippen LogP contribution in [0.5, 0.6) is 11.5 Å². The zero-order valence-corrected chi connectivity index (χ0v) is 12.1. The topological polar surface area (TPSA) is 48.0 Å². The fourth-order valence-electron chi connectivity index (χ4n) is 2.69. The summed E-state index contributed by atoms with van der Waals surface area (Å²) in [5.74, 6) is 0.929. The van der Waals surface area contributed by atoms with Gasteiger partial charge in [-0.2, -0.15) is 0 Å². The maximum Gasteiger partial charge on any atom is 0.351 e. The van der Waals surface area contributed by atoms with Crippen molar-refractivity contribution in [3.8, 4) is 11.5 Å². The van der Waals surface area contributed by atoms with Crippen molar-refractivity contribution in [2.24, 2.45) is 0 Å². The first-order valence-electron chi connectivity index (χ1n) is 7.60. The number of hydrogen-bond acceptors (Lipinski definition) is 5. The summed E-state index contributed by atoms with van der Waals surface area (Å²) in [4.78, 5) is 14.3. The van der Waals surface area contributed by atoms with Crippen LogP contribution >= 0.6 is 0 Å². The van der Waals surface area contributed by atoms with E-state index in [0.29, 0.717) is 18.1 Å². The maximum atomic E-state index is 12.0. The first-order chi connectivity index (χ1) is 10.3. The Balaban J connectivity index is 1.44. The molecule has 1 aromatic rings. The van der Waals surface area contributed by atoms with Crippen LogP contribution < -0.4 is 9.47 Å². The number of rotatable bonds is 4. The summed E-state index contributed by atoms with van der Waals surface area (Å²) in [7, 11) is 0. The first-order valence-corrected chi connectivity index (χ1v) is 7.60. The Bertz CT molecular complexity index is 485. The Morgan fingerprint density at radius 1 is 1.19 bits per heavy atom. The molecule has 1 aromatic carbocycles. The van der Waals surface area contributed by atoms with Gasteiger partial charge < -0.3 is 14.2 Å². The van der Waals surface area contributed by atoms with Gasteiger partial charge >= 0.3 is 5.97 Å². The number of esters is 1. The third-order valence-corrected chi connectivity index (χ3v) is 3.87. The van der Waals surface area contributed by atoms with Crippen molar-refractivity contribution in [1.82, 2.24) is 4.90 Å². The van der Waals surface area contributed by atoms with Crippen LogP contribution in [0.25, 0.3) is 0 Å². The lowest BCUT2D eigenvalue weighted by atomic mass is 10.1. The quantitative estimate of drug-likeness (QED) is 0.792. The third kappa shape index (κ3) is 3.67. The van der Waals surface area contributed by atoms with E-state index in [9.17, 15) is 4.79 Å². The minimum absolute atomic E-state index is 0.208. The Labute approximate surface area is 124 Å². The van der Waals surface area contributed by atoms with Gasteiger partial charge in [0.05, 0.1) is 0 Å². The van der Waals surface area contributed by atoms with Crippen LogP contribution in [0.4, 0.5) is 0 Å². The molecular formula is C16H21NO4. The molecule has 0 aliphatic carbocycles. The van der Waals surface area contributed by atoms with Crippen LogP contribution in [-0.4, -0.2) is 49.8 Å². The van der Waals surface area contributed by atoms with Crippen molar-refractivity contribution >= 4 is 5.97 Å². The fourth-order valence-corrected chi connectivity index (χ4v) is 2.69. The van der Waals surface area contributed by atoms with E-state index in [1.54, 1.807) is 6.07 Å². The predicted molar refractivity (Wildman–Crippen MR) is 77.6 cm³/mol. The number of carbonyl (C=O) groups excluding carboxylic acids is 1. The minimum atomic E-state index is -0.666. The molecule has 0 N–H and O–H groups in total. The van der Waals surface area contributed by atoms with Crippen molar-refractivity contribution in [3.05, 3.63) is 24.3 Å². The normalized spacial score (nSPS) is 21.8. The zero-order chi connectivity index (χ0) is 14.5. The summed E-state index contributed by atoms with van der Waals surface area (Å²) in [6.45, 7) is 3.64. The van der Waals surface area contributed by atoms with Gasteiger partial charge in [0.1, 0.15) is 13.2 Å². The van der Waals surface area contributed by atoms with Gasteiger partial charge in [-0.15, -0.1) is 0 Å². The molecular weight excluding hydrogens is 270 g/mol. The molecule has 0 amide bonds. The van der Waals surface area contributed by atoms with Gasteiger partial charge in [-0.1, -0.05) is 18.6 Å². The van der Waals surface area contributed by atoms with Gasteiger partial charge in [0.25, 0.3) is 0 Å². The molecule has 1 fully saturated rings. The third-order valence-electron chi connectivity index (χ3n) is 3.87. The van der Waals surface area contributed by atoms with Crippen LogP contribution in [0.15, 0.2) is 24.3 Å². The van der Waals surface area contributed by atoms with Crippen molar-refractivity contribution in [1.29, 1.82) is 0 Å². The van der Waals surface area contributed by atoms with Crippen molar-refractivity contribution in [3.63, 3.8) is 0 Å². The molecule has 0 saturated carbocycles. The van der Waals surface area contributed by atoms with E-state index in [4.69, 9.17) is 14.2 Å². The Morgan fingerprint density at radius 2 is 1.95 bits per heavy atom. The Morgan fingerprint density at radius 3 is 2.76 bits per heavy atom. The van der Waals surface area contributed by atoms with E-state index in [2.05, 4.69) is 4.90 Å². The highest BCUT2D eigenvalue weighted by molar-refractivity contribution is 5.76. The lowest BCUT2D eigenvalue weighted by molar-refractivity contribution is -0.155. The molecule has 2 heterocycles. The van der Waals surface area contributed by atoms with Gasteiger partial charge in [0.2, 0.25) is 6.10 Å².